The zero-order chi connectivity index (χ0) is 13.0. The molecule has 1 atom stereocenters. The summed E-state index contributed by atoms with van der Waals surface area (Å²) in [5.41, 5.74) is 2.06. The van der Waals surface area contributed by atoms with E-state index in [4.69, 9.17) is 4.74 Å². The van der Waals surface area contributed by atoms with Gasteiger partial charge in [0, 0.05) is 22.3 Å². The Morgan fingerprint density at radius 2 is 2.37 bits per heavy atom. The summed E-state index contributed by atoms with van der Waals surface area (Å²) in [5.74, 6) is 0.00310. The van der Waals surface area contributed by atoms with Gasteiger partial charge in [0.1, 0.15) is 0 Å². The number of morpholine rings is 1. The Morgan fingerprint density at radius 3 is 3.00 bits per heavy atom. The van der Waals surface area contributed by atoms with Gasteiger partial charge in [-0.25, -0.2) is 0 Å². The lowest BCUT2D eigenvalue weighted by atomic mass is 10.2. The van der Waals surface area contributed by atoms with Gasteiger partial charge >= 0.3 is 0 Å². The number of benzene rings is 1. The lowest BCUT2D eigenvalue weighted by Gasteiger charge is -2.23. The summed E-state index contributed by atoms with van der Waals surface area (Å²) >= 11 is 2.27. The first-order valence-electron chi connectivity index (χ1n) is 6.03. The van der Waals surface area contributed by atoms with Crippen molar-refractivity contribution >= 4 is 46.6 Å². The molecule has 4 nitrogen and oxygen atoms in total. The van der Waals surface area contributed by atoms with Gasteiger partial charge in [-0.3, -0.25) is 4.79 Å². The molecule has 6 heteroatoms. The monoisotopic (exact) mass is 396 g/mol. The quantitative estimate of drug-likeness (QED) is 0.771. The Hall–Kier alpha value is -0.370. The molecule has 0 aromatic heterocycles. The third kappa shape index (κ3) is 5.25. The highest BCUT2D eigenvalue weighted by Crippen LogP contribution is 2.17. The largest absolute Gasteiger partial charge is 0.375 e. The van der Waals surface area contributed by atoms with E-state index >= 15 is 0 Å². The molecule has 1 heterocycles. The van der Waals surface area contributed by atoms with E-state index in [0.29, 0.717) is 13.0 Å². The number of carbonyl (C=O) groups is 1. The van der Waals surface area contributed by atoms with Crippen molar-refractivity contribution in [3.8, 4) is 0 Å². The van der Waals surface area contributed by atoms with Gasteiger partial charge in [-0.15, -0.1) is 12.4 Å². The smallest absolute Gasteiger partial charge is 0.227 e. The zero-order valence-corrected chi connectivity index (χ0v) is 13.7. The van der Waals surface area contributed by atoms with Crippen molar-refractivity contribution in [2.24, 2.45) is 0 Å². The van der Waals surface area contributed by atoms with Gasteiger partial charge in [0.05, 0.1) is 19.1 Å². The number of hydrogen-bond acceptors (Lipinski definition) is 3. The first kappa shape index (κ1) is 16.7. The van der Waals surface area contributed by atoms with Crippen molar-refractivity contribution in [2.45, 2.75) is 19.4 Å². The summed E-state index contributed by atoms with van der Waals surface area (Å²) in [6, 6.07) is 5.92. The fraction of sp³-hybridized carbons (Fsp3) is 0.462. The van der Waals surface area contributed by atoms with Crippen LogP contribution in [0.15, 0.2) is 18.2 Å². The Morgan fingerprint density at radius 1 is 1.58 bits per heavy atom. The molecule has 1 fully saturated rings. The van der Waals surface area contributed by atoms with E-state index in [9.17, 15) is 4.79 Å². The molecule has 0 aliphatic carbocycles. The van der Waals surface area contributed by atoms with Crippen LogP contribution in [0.3, 0.4) is 0 Å². The van der Waals surface area contributed by atoms with E-state index in [1.54, 1.807) is 0 Å². The first-order valence-corrected chi connectivity index (χ1v) is 7.11. The second-order valence-corrected chi connectivity index (χ2v) is 5.58. The van der Waals surface area contributed by atoms with Crippen LogP contribution < -0.4 is 10.6 Å². The van der Waals surface area contributed by atoms with E-state index in [0.717, 1.165) is 22.3 Å². The minimum Gasteiger partial charge on any atom is -0.375 e. The van der Waals surface area contributed by atoms with Crippen molar-refractivity contribution in [2.75, 3.05) is 25.0 Å². The molecule has 1 saturated heterocycles. The van der Waals surface area contributed by atoms with Crippen molar-refractivity contribution < 1.29 is 9.53 Å². The van der Waals surface area contributed by atoms with Crippen molar-refractivity contribution in [1.29, 1.82) is 0 Å². The van der Waals surface area contributed by atoms with Crippen LogP contribution >= 0.6 is 35.0 Å². The zero-order valence-electron chi connectivity index (χ0n) is 10.7. The molecule has 1 aromatic rings. The molecule has 2 N–H and O–H groups in total. The third-order valence-electron chi connectivity index (χ3n) is 2.87. The van der Waals surface area contributed by atoms with Gasteiger partial charge in [0.25, 0.3) is 0 Å². The van der Waals surface area contributed by atoms with Gasteiger partial charge in [0.2, 0.25) is 5.91 Å². The average molecular weight is 397 g/mol. The lowest BCUT2D eigenvalue weighted by Crippen LogP contribution is -2.40. The molecular weight excluding hydrogens is 379 g/mol. The van der Waals surface area contributed by atoms with E-state index in [-0.39, 0.29) is 24.4 Å². The number of aryl methyl sites for hydroxylation is 1. The summed E-state index contributed by atoms with van der Waals surface area (Å²) in [6.45, 7) is 4.35. The van der Waals surface area contributed by atoms with E-state index in [1.807, 2.05) is 18.2 Å². The van der Waals surface area contributed by atoms with Gasteiger partial charge in [-0.1, -0.05) is 6.07 Å². The molecular formula is C13H18ClIN2O2. The molecule has 0 radical (unpaired) electrons. The van der Waals surface area contributed by atoms with Crippen molar-refractivity contribution in [1.82, 2.24) is 5.32 Å². The number of amides is 1. The second kappa shape index (κ2) is 8.04. The maximum absolute atomic E-state index is 11.9. The number of rotatable bonds is 3. The van der Waals surface area contributed by atoms with Crippen LogP contribution in [0.5, 0.6) is 0 Å². The fourth-order valence-electron chi connectivity index (χ4n) is 1.84. The number of halogens is 2. The third-order valence-corrected chi connectivity index (χ3v) is 4.04. The standard InChI is InChI=1S/C13H17IN2O2.ClH/c1-9-2-3-10(6-12(9)14)16-13(17)7-11-8-15-4-5-18-11;/h2-3,6,11,15H,4-5,7-8H2,1H3,(H,16,17);1H. The second-order valence-electron chi connectivity index (χ2n) is 4.41. The predicted octanol–water partition coefficient (Wildman–Crippen LogP) is 2.34. The van der Waals surface area contributed by atoms with Crippen LogP contribution in [0.4, 0.5) is 5.69 Å². The Labute approximate surface area is 133 Å². The minimum atomic E-state index is -0.0109. The van der Waals surface area contributed by atoms with Crippen molar-refractivity contribution in [3.05, 3.63) is 27.3 Å². The molecule has 0 spiro atoms. The molecule has 1 unspecified atom stereocenters. The van der Waals surface area contributed by atoms with Gasteiger partial charge in [0.15, 0.2) is 0 Å². The highest BCUT2D eigenvalue weighted by molar-refractivity contribution is 14.1. The number of anilines is 1. The highest BCUT2D eigenvalue weighted by atomic mass is 127. The van der Waals surface area contributed by atoms with E-state index < -0.39 is 0 Å². The number of ether oxygens (including phenoxy) is 1. The average Bonchev–Trinajstić information content (AvgIpc) is 2.35. The SMILES string of the molecule is Cc1ccc(NC(=O)CC2CNCCO2)cc1I.Cl. The number of carbonyl (C=O) groups excluding carboxylic acids is 1. The fourth-order valence-corrected chi connectivity index (χ4v) is 2.36. The van der Waals surface area contributed by atoms with Crippen LogP contribution in [0.1, 0.15) is 12.0 Å². The summed E-state index contributed by atoms with van der Waals surface area (Å²) < 4.78 is 6.66. The van der Waals surface area contributed by atoms with Gasteiger partial charge in [-0.05, 0) is 47.2 Å². The summed E-state index contributed by atoms with van der Waals surface area (Å²) in [6.07, 6.45) is 0.389. The molecule has 2 rings (SSSR count). The van der Waals surface area contributed by atoms with Crippen LogP contribution in [0, 0.1) is 10.5 Å². The molecule has 1 aliphatic heterocycles. The Bertz CT molecular complexity index is 437. The topological polar surface area (TPSA) is 50.4 Å². The molecule has 1 aromatic carbocycles. The van der Waals surface area contributed by atoms with Crippen LogP contribution in [0.25, 0.3) is 0 Å². The summed E-state index contributed by atoms with van der Waals surface area (Å²) in [4.78, 5) is 11.9. The van der Waals surface area contributed by atoms with Crippen LogP contribution in [0.2, 0.25) is 0 Å². The molecule has 1 amide bonds. The van der Waals surface area contributed by atoms with Gasteiger partial charge in [-0.2, -0.15) is 0 Å². The van der Waals surface area contributed by atoms with E-state index in [2.05, 4.69) is 40.1 Å². The minimum absolute atomic E-state index is 0. The van der Waals surface area contributed by atoms with Gasteiger partial charge < -0.3 is 15.4 Å². The first-order chi connectivity index (χ1) is 8.65. The summed E-state index contributed by atoms with van der Waals surface area (Å²) in [5, 5.41) is 6.12. The van der Waals surface area contributed by atoms with Crippen LogP contribution in [-0.2, 0) is 9.53 Å². The highest BCUT2D eigenvalue weighted by Gasteiger charge is 2.17. The predicted molar refractivity (Wildman–Crippen MR) is 87.0 cm³/mol. The molecule has 0 saturated carbocycles. The summed E-state index contributed by atoms with van der Waals surface area (Å²) in [7, 11) is 0. The molecule has 106 valence electrons. The molecule has 1 aliphatic rings. The van der Waals surface area contributed by atoms with Crippen LogP contribution in [-0.4, -0.2) is 31.7 Å². The number of nitrogens with one attached hydrogen (secondary N) is 2. The molecule has 0 bridgehead atoms. The Kier molecular flexibility index (Phi) is 7.06. The van der Waals surface area contributed by atoms with E-state index in [1.165, 1.54) is 5.56 Å². The number of hydrogen-bond donors (Lipinski definition) is 2. The normalized spacial score (nSPS) is 18.5. The lowest BCUT2D eigenvalue weighted by molar-refractivity contribution is -0.119. The maximum Gasteiger partial charge on any atom is 0.227 e. The molecule has 19 heavy (non-hydrogen) atoms. The Balaban J connectivity index is 0.00000180. The maximum atomic E-state index is 11.9. The van der Waals surface area contributed by atoms with Crippen molar-refractivity contribution in [3.63, 3.8) is 0 Å².